The molecule has 0 bridgehead atoms. The monoisotopic (exact) mass is 197 g/mol. The summed E-state index contributed by atoms with van der Waals surface area (Å²) in [6, 6.07) is 4.78. The Bertz CT molecular complexity index is 301. The molecule has 78 valence electrons. The zero-order valence-electron chi connectivity index (χ0n) is 8.63. The smallest absolute Gasteiger partial charge is 0.123 e. The number of nitrogens with zero attached hydrogens (tertiary/aromatic N) is 1. The molecular formula is C11H16FNO. The number of hydrogen-bond donors (Lipinski definition) is 1. The average molecular weight is 197 g/mol. The second-order valence-electron chi connectivity index (χ2n) is 3.53. The van der Waals surface area contributed by atoms with Gasteiger partial charge in [0.2, 0.25) is 0 Å². The van der Waals surface area contributed by atoms with Gasteiger partial charge in [0.15, 0.2) is 0 Å². The summed E-state index contributed by atoms with van der Waals surface area (Å²) in [4.78, 5) is 1.96. The van der Waals surface area contributed by atoms with Gasteiger partial charge in [-0.1, -0.05) is 6.07 Å². The molecule has 1 N–H and O–H groups in total. The van der Waals surface area contributed by atoms with E-state index in [0.717, 1.165) is 11.1 Å². The van der Waals surface area contributed by atoms with Crippen LogP contribution in [0.4, 0.5) is 4.39 Å². The molecule has 1 rings (SSSR count). The summed E-state index contributed by atoms with van der Waals surface area (Å²) < 4.78 is 12.9. The molecule has 1 aromatic rings. The summed E-state index contributed by atoms with van der Waals surface area (Å²) in [5.41, 5.74) is 2.05. The fraction of sp³-hybridized carbons (Fsp3) is 0.455. The Morgan fingerprint density at radius 1 is 1.43 bits per heavy atom. The third kappa shape index (κ3) is 3.09. The largest absolute Gasteiger partial charge is 0.395 e. The molecular weight excluding hydrogens is 181 g/mol. The van der Waals surface area contributed by atoms with Crippen molar-refractivity contribution in [3.63, 3.8) is 0 Å². The van der Waals surface area contributed by atoms with Gasteiger partial charge in [-0.25, -0.2) is 4.39 Å². The second kappa shape index (κ2) is 5.08. The molecule has 0 radical (unpaired) electrons. The highest BCUT2D eigenvalue weighted by Gasteiger charge is 2.03. The Hall–Kier alpha value is -0.930. The van der Waals surface area contributed by atoms with E-state index in [-0.39, 0.29) is 12.4 Å². The van der Waals surface area contributed by atoms with Gasteiger partial charge in [0.25, 0.3) is 0 Å². The summed E-state index contributed by atoms with van der Waals surface area (Å²) in [6.45, 7) is 3.37. The van der Waals surface area contributed by atoms with Gasteiger partial charge < -0.3 is 5.11 Å². The van der Waals surface area contributed by atoms with Crippen LogP contribution in [0.1, 0.15) is 11.1 Å². The highest BCUT2D eigenvalue weighted by atomic mass is 19.1. The maximum absolute atomic E-state index is 12.9. The number of aryl methyl sites for hydroxylation is 1. The van der Waals surface area contributed by atoms with E-state index in [1.807, 2.05) is 18.9 Å². The number of benzene rings is 1. The number of aliphatic hydroxyl groups excluding tert-OH is 1. The highest BCUT2D eigenvalue weighted by Crippen LogP contribution is 2.11. The quantitative estimate of drug-likeness (QED) is 0.791. The SMILES string of the molecule is Cc1ccc(F)cc1CN(C)CCO. The van der Waals surface area contributed by atoms with Gasteiger partial charge in [-0.05, 0) is 37.2 Å². The van der Waals surface area contributed by atoms with Crippen molar-refractivity contribution in [1.29, 1.82) is 0 Å². The van der Waals surface area contributed by atoms with Gasteiger partial charge in [0.1, 0.15) is 5.82 Å². The van der Waals surface area contributed by atoms with Gasteiger partial charge in [-0.3, -0.25) is 4.90 Å². The number of likely N-dealkylation sites (N-methyl/N-ethyl adjacent to an activating group) is 1. The predicted molar refractivity (Wildman–Crippen MR) is 54.6 cm³/mol. The predicted octanol–water partition coefficient (Wildman–Crippen LogP) is 1.56. The van der Waals surface area contributed by atoms with E-state index in [1.165, 1.54) is 6.07 Å². The lowest BCUT2D eigenvalue weighted by Gasteiger charge is -2.16. The van der Waals surface area contributed by atoms with Crippen molar-refractivity contribution in [2.45, 2.75) is 13.5 Å². The fourth-order valence-electron chi connectivity index (χ4n) is 1.35. The second-order valence-corrected chi connectivity index (χ2v) is 3.53. The zero-order chi connectivity index (χ0) is 10.6. The van der Waals surface area contributed by atoms with Gasteiger partial charge in [-0.2, -0.15) is 0 Å². The molecule has 0 heterocycles. The van der Waals surface area contributed by atoms with Crippen LogP contribution in [0.2, 0.25) is 0 Å². The average Bonchev–Trinajstić information content (AvgIpc) is 2.12. The fourth-order valence-corrected chi connectivity index (χ4v) is 1.35. The van der Waals surface area contributed by atoms with E-state index < -0.39 is 0 Å². The third-order valence-electron chi connectivity index (χ3n) is 2.23. The molecule has 0 saturated heterocycles. The first-order chi connectivity index (χ1) is 6.63. The van der Waals surface area contributed by atoms with Gasteiger partial charge in [0, 0.05) is 13.1 Å². The molecule has 1 aromatic carbocycles. The van der Waals surface area contributed by atoms with Crippen molar-refractivity contribution < 1.29 is 9.50 Å². The Kier molecular flexibility index (Phi) is 4.04. The van der Waals surface area contributed by atoms with Crippen LogP contribution in [0.5, 0.6) is 0 Å². The van der Waals surface area contributed by atoms with E-state index >= 15 is 0 Å². The van der Waals surface area contributed by atoms with Crippen molar-refractivity contribution in [2.75, 3.05) is 20.2 Å². The van der Waals surface area contributed by atoms with Gasteiger partial charge >= 0.3 is 0 Å². The Balaban J connectivity index is 2.70. The molecule has 0 aliphatic carbocycles. The molecule has 0 fully saturated rings. The van der Waals surface area contributed by atoms with Crippen LogP contribution in [0.25, 0.3) is 0 Å². The van der Waals surface area contributed by atoms with Crippen LogP contribution < -0.4 is 0 Å². The van der Waals surface area contributed by atoms with E-state index in [2.05, 4.69) is 0 Å². The minimum absolute atomic E-state index is 0.130. The number of hydrogen-bond acceptors (Lipinski definition) is 2. The maximum atomic E-state index is 12.9. The maximum Gasteiger partial charge on any atom is 0.123 e. The molecule has 0 spiro atoms. The number of aliphatic hydroxyl groups is 1. The van der Waals surface area contributed by atoms with Crippen LogP contribution in [0.15, 0.2) is 18.2 Å². The summed E-state index contributed by atoms with van der Waals surface area (Å²) >= 11 is 0. The molecule has 3 heteroatoms. The van der Waals surface area contributed by atoms with Gasteiger partial charge in [-0.15, -0.1) is 0 Å². The summed E-state index contributed by atoms with van der Waals surface area (Å²) in [6.07, 6.45) is 0. The lowest BCUT2D eigenvalue weighted by atomic mass is 10.1. The number of halogens is 1. The lowest BCUT2D eigenvalue weighted by molar-refractivity contribution is 0.217. The summed E-state index contributed by atoms with van der Waals surface area (Å²) in [5.74, 6) is -0.206. The molecule has 0 aliphatic heterocycles. The lowest BCUT2D eigenvalue weighted by Crippen LogP contribution is -2.21. The molecule has 14 heavy (non-hydrogen) atoms. The van der Waals surface area contributed by atoms with Crippen LogP contribution in [0, 0.1) is 12.7 Å². The van der Waals surface area contributed by atoms with Crippen molar-refractivity contribution in [2.24, 2.45) is 0 Å². The van der Waals surface area contributed by atoms with Crippen LogP contribution in [-0.4, -0.2) is 30.2 Å². The van der Waals surface area contributed by atoms with Crippen molar-refractivity contribution in [3.8, 4) is 0 Å². The van der Waals surface area contributed by atoms with E-state index in [0.29, 0.717) is 13.1 Å². The topological polar surface area (TPSA) is 23.5 Å². The molecule has 0 aliphatic rings. The zero-order valence-corrected chi connectivity index (χ0v) is 8.63. The minimum atomic E-state index is -0.206. The van der Waals surface area contributed by atoms with Gasteiger partial charge in [0.05, 0.1) is 6.61 Å². The molecule has 0 atom stereocenters. The van der Waals surface area contributed by atoms with E-state index in [9.17, 15) is 4.39 Å². The van der Waals surface area contributed by atoms with Crippen LogP contribution >= 0.6 is 0 Å². The van der Waals surface area contributed by atoms with Crippen molar-refractivity contribution in [3.05, 3.63) is 35.1 Å². The number of rotatable bonds is 4. The minimum Gasteiger partial charge on any atom is -0.395 e. The first-order valence-electron chi connectivity index (χ1n) is 4.68. The molecule has 0 amide bonds. The van der Waals surface area contributed by atoms with Crippen LogP contribution in [-0.2, 0) is 6.54 Å². The summed E-state index contributed by atoms with van der Waals surface area (Å²) in [5, 5.41) is 8.72. The van der Waals surface area contributed by atoms with E-state index in [4.69, 9.17) is 5.11 Å². The highest BCUT2D eigenvalue weighted by molar-refractivity contribution is 5.26. The standard InChI is InChI=1S/C11H16FNO/c1-9-3-4-11(12)7-10(9)8-13(2)5-6-14/h3-4,7,14H,5-6,8H2,1-2H3. The molecule has 2 nitrogen and oxygen atoms in total. The normalized spacial score (nSPS) is 10.9. The molecule has 0 aromatic heterocycles. The summed E-state index contributed by atoms with van der Waals surface area (Å²) in [7, 11) is 1.90. The first-order valence-corrected chi connectivity index (χ1v) is 4.68. The van der Waals surface area contributed by atoms with E-state index in [1.54, 1.807) is 12.1 Å². The van der Waals surface area contributed by atoms with Crippen molar-refractivity contribution >= 4 is 0 Å². The first kappa shape index (κ1) is 11.1. The Morgan fingerprint density at radius 2 is 2.14 bits per heavy atom. The Labute approximate surface area is 84.0 Å². The Morgan fingerprint density at radius 3 is 2.79 bits per heavy atom. The molecule has 0 saturated carbocycles. The third-order valence-corrected chi connectivity index (χ3v) is 2.23. The van der Waals surface area contributed by atoms with Crippen molar-refractivity contribution in [1.82, 2.24) is 4.90 Å². The molecule has 0 unspecified atom stereocenters. The van der Waals surface area contributed by atoms with Crippen LogP contribution in [0.3, 0.4) is 0 Å².